The van der Waals surface area contributed by atoms with E-state index in [1.165, 1.54) is 19.3 Å². The Labute approximate surface area is 70.7 Å². The predicted octanol–water partition coefficient (Wildman–Crippen LogP) is 1.63. The third-order valence-electron chi connectivity index (χ3n) is 1.92. The summed E-state index contributed by atoms with van der Waals surface area (Å²) >= 11 is 0. The lowest BCUT2D eigenvalue weighted by molar-refractivity contribution is -0.106. The Morgan fingerprint density at radius 3 is 2.83 bits per heavy atom. The number of carbonyl (C=O) groups excluding carboxylic acids is 1. The van der Waals surface area contributed by atoms with Gasteiger partial charge in [-0.05, 0) is 12.2 Å². The number of methoxy groups -OCH3 is 1. The van der Waals surface area contributed by atoms with E-state index in [1.807, 2.05) is 6.92 Å². The fourth-order valence-corrected chi connectivity index (χ4v) is 1.38. The second-order valence-corrected chi connectivity index (χ2v) is 2.83. The normalized spacial score (nSPS) is 29.2. The zero-order valence-corrected chi connectivity index (χ0v) is 7.08. The highest BCUT2D eigenvalue weighted by atomic mass is 19.1. The first-order valence-corrected chi connectivity index (χ1v) is 3.76. The van der Waals surface area contributed by atoms with Gasteiger partial charge in [0.15, 0.2) is 0 Å². The number of hydrogen-bond donors (Lipinski definition) is 0. The molecule has 1 rings (SSSR count). The molecule has 0 bridgehead atoms. The lowest BCUT2D eigenvalue weighted by Gasteiger charge is -2.22. The van der Waals surface area contributed by atoms with Gasteiger partial charge in [-0.3, -0.25) is 4.79 Å². The second-order valence-electron chi connectivity index (χ2n) is 2.83. The molecule has 0 radical (unpaired) electrons. The highest BCUT2D eigenvalue weighted by Gasteiger charge is 2.23. The van der Waals surface area contributed by atoms with Crippen molar-refractivity contribution in [1.29, 1.82) is 0 Å². The first kappa shape index (κ1) is 9.13. The summed E-state index contributed by atoms with van der Waals surface area (Å²) in [5.74, 6) is -0.446. The van der Waals surface area contributed by atoms with Gasteiger partial charge in [0.1, 0.15) is 12.1 Å². The largest absolute Gasteiger partial charge is 0.376 e. The van der Waals surface area contributed by atoms with Gasteiger partial charge in [-0.25, -0.2) is 4.39 Å². The average Bonchev–Trinajstić information content (AvgIpc) is 2.03. The molecule has 1 aliphatic carbocycles. The number of halogens is 1. The van der Waals surface area contributed by atoms with Crippen LogP contribution in [0.3, 0.4) is 0 Å². The third kappa shape index (κ3) is 1.61. The van der Waals surface area contributed by atoms with E-state index in [0.29, 0.717) is 11.9 Å². The summed E-state index contributed by atoms with van der Waals surface area (Å²) in [7, 11) is 1.51. The van der Waals surface area contributed by atoms with Crippen LogP contribution in [0.25, 0.3) is 0 Å². The number of aldehydes is 1. The van der Waals surface area contributed by atoms with Crippen LogP contribution in [0.4, 0.5) is 4.39 Å². The van der Waals surface area contributed by atoms with Crippen molar-refractivity contribution in [3.8, 4) is 0 Å². The first-order valence-electron chi connectivity index (χ1n) is 3.76. The van der Waals surface area contributed by atoms with Gasteiger partial charge in [0.05, 0.1) is 6.10 Å². The molecule has 0 aromatic heterocycles. The maximum atomic E-state index is 12.8. The van der Waals surface area contributed by atoms with Gasteiger partial charge in [0, 0.05) is 18.6 Å². The number of rotatable bonds is 2. The van der Waals surface area contributed by atoms with Gasteiger partial charge in [-0.1, -0.05) is 6.92 Å². The maximum Gasteiger partial charge on any atom is 0.148 e. The van der Waals surface area contributed by atoms with E-state index < -0.39 is 0 Å². The highest BCUT2D eigenvalue weighted by molar-refractivity contribution is 5.76. The first-order chi connectivity index (χ1) is 5.69. The van der Waals surface area contributed by atoms with Crippen molar-refractivity contribution in [3.63, 3.8) is 0 Å². The van der Waals surface area contributed by atoms with Crippen LogP contribution in [-0.4, -0.2) is 19.5 Å². The molecule has 0 N–H and O–H groups in total. The van der Waals surface area contributed by atoms with Crippen LogP contribution in [0.5, 0.6) is 0 Å². The fraction of sp³-hybridized carbons (Fsp3) is 0.444. The summed E-state index contributed by atoms with van der Waals surface area (Å²) in [6.07, 6.45) is 2.99. The van der Waals surface area contributed by atoms with Crippen LogP contribution < -0.4 is 0 Å². The molecule has 66 valence electrons. The van der Waals surface area contributed by atoms with Crippen molar-refractivity contribution in [1.82, 2.24) is 0 Å². The lowest BCUT2D eigenvalue weighted by Crippen LogP contribution is -2.24. The summed E-state index contributed by atoms with van der Waals surface area (Å²) in [4.78, 5) is 10.5. The van der Waals surface area contributed by atoms with Gasteiger partial charge in [-0.2, -0.15) is 0 Å². The number of carbonyl (C=O) groups is 1. The Bertz CT molecular complexity index is 243. The summed E-state index contributed by atoms with van der Waals surface area (Å²) in [5, 5.41) is 0. The average molecular weight is 170 g/mol. The molecule has 0 aromatic rings. The Kier molecular flexibility index (Phi) is 2.76. The summed E-state index contributed by atoms with van der Waals surface area (Å²) in [5.41, 5.74) is 0.366. The minimum Gasteiger partial charge on any atom is -0.376 e. The van der Waals surface area contributed by atoms with Crippen LogP contribution in [0, 0.1) is 5.92 Å². The molecule has 0 spiro atoms. The molecular weight excluding hydrogens is 159 g/mol. The maximum absolute atomic E-state index is 12.8. The van der Waals surface area contributed by atoms with Gasteiger partial charge < -0.3 is 4.74 Å². The summed E-state index contributed by atoms with van der Waals surface area (Å²) in [6, 6.07) is 0. The number of hydrogen-bond acceptors (Lipinski definition) is 2. The highest BCUT2D eigenvalue weighted by Crippen LogP contribution is 2.24. The number of allylic oxidation sites excluding steroid dienone is 2. The summed E-state index contributed by atoms with van der Waals surface area (Å²) in [6.45, 7) is 1.81. The lowest BCUT2D eigenvalue weighted by atomic mass is 9.92. The molecule has 0 saturated carbocycles. The molecule has 0 amide bonds. The van der Waals surface area contributed by atoms with Gasteiger partial charge >= 0.3 is 0 Å². The van der Waals surface area contributed by atoms with Gasteiger partial charge in [0.2, 0.25) is 0 Å². The van der Waals surface area contributed by atoms with E-state index in [2.05, 4.69) is 0 Å². The molecule has 0 aromatic carbocycles. The van der Waals surface area contributed by atoms with E-state index in [1.54, 1.807) is 0 Å². The Balaban J connectivity index is 2.92. The molecule has 0 saturated heterocycles. The van der Waals surface area contributed by atoms with Crippen molar-refractivity contribution < 1.29 is 13.9 Å². The Morgan fingerprint density at radius 2 is 2.33 bits per heavy atom. The van der Waals surface area contributed by atoms with E-state index in [-0.39, 0.29) is 17.8 Å². The zero-order valence-electron chi connectivity index (χ0n) is 7.08. The van der Waals surface area contributed by atoms with Crippen LogP contribution in [0.1, 0.15) is 6.92 Å². The van der Waals surface area contributed by atoms with Crippen molar-refractivity contribution in [2.24, 2.45) is 5.92 Å². The minimum absolute atomic E-state index is 0.0831. The molecule has 2 nitrogen and oxygen atoms in total. The number of ether oxygens (including phenoxy) is 1. The van der Waals surface area contributed by atoms with Crippen LogP contribution in [0.15, 0.2) is 23.6 Å². The minimum atomic E-state index is -0.363. The van der Waals surface area contributed by atoms with Crippen molar-refractivity contribution >= 4 is 6.29 Å². The Morgan fingerprint density at radius 1 is 1.67 bits per heavy atom. The van der Waals surface area contributed by atoms with Crippen molar-refractivity contribution in [2.45, 2.75) is 13.0 Å². The van der Waals surface area contributed by atoms with E-state index in [9.17, 15) is 9.18 Å². The summed E-state index contributed by atoms with van der Waals surface area (Å²) < 4.78 is 17.8. The van der Waals surface area contributed by atoms with Crippen LogP contribution >= 0.6 is 0 Å². The second kappa shape index (κ2) is 3.63. The van der Waals surface area contributed by atoms with E-state index in [0.717, 1.165) is 0 Å². The fourth-order valence-electron chi connectivity index (χ4n) is 1.38. The molecule has 0 fully saturated rings. The molecular formula is C9H11FO2. The topological polar surface area (TPSA) is 26.3 Å². The van der Waals surface area contributed by atoms with Crippen LogP contribution in [0.2, 0.25) is 0 Å². The van der Waals surface area contributed by atoms with Gasteiger partial charge in [-0.15, -0.1) is 0 Å². The SMILES string of the molecule is COC1C(C=O)=CC(F)=CC1C. The van der Waals surface area contributed by atoms with Crippen molar-refractivity contribution in [2.75, 3.05) is 7.11 Å². The molecule has 2 unspecified atom stereocenters. The van der Waals surface area contributed by atoms with Crippen molar-refractivity contribution in [3.05, 3.63) is 23.6 Å². The quantitative estimate of drug-likeness (QED) is 0.589. The molecule has 1 aliphatic rings. The molecule has 3 heteroatoms. The molecule has 2 atom stereocenters. The van der Waals surface area contributed by atoms with Gasteiger partial charge in [0.25, 0.3) is 0 Å². The van der Waals surface area contributed by atoms with E-state index in [4.69, 9.17) is 4.74 Å². The van der Waals surface area contributed by atoms with E-state index >= 15 is 0 Å². The monoisotopic (exact) mass is 170 g/mol. The Hall–Kier alpha value is -0.960. The molecule has 0 heterocycles. The molecule has 12 heavy (non-hydrogen) atoms. The zero-order chi connectivity index (χ0) is 9.14. The van der Waals surface area contributed by atoms with Crippen LogP contribution in [-0.2, 0) is 9.53 Å². The third-order valence-corrected chi connectivity index (χ3v) is 1.92. The predicted molar refractivity (Wildman–Crippen MR) is 43.3 cm³/mol. The smallest absolute Gasteiger partial charge is 0.148 e. The molecule has 0 aliphatic heterocycles. The standard InChI is InChI=1S/C9H11FO2/c1-6-3-8(10)4-7(5-11)9(6)12-2/h3-6,9H,1-2H3.